The number of rotatable bonds is 8. The first-order valence-corrected chi connectivity index (χ1v) is 3.97. The Morgan fingerprint density at radius 3 is 2.09 bits per heavy atom. The predicted molar refractivity (Wildman–Crippen MR) is 44.1 cm³/mol. The SMILES string of the molecule is NCCCOCCCOCN. The van der Waals surface area contributed by atoms with Crippen molar-refractivity contribution >= 4 is 0 Å². The third kappa shape index (κ3) is 9.84. The zero-order valence-corrected chi connectivity index (χ0v) is 6.92. The summed E-state index contributed by atoms with van der Waals surface area (Å²) in [5.74, 6) is 0. The maximum atomic E-state index is 5.27. The fraction of sp³-hybridized carbons (Fsp3) is 1.00. The summed E-state index contributed by atoms with van der Waals surface area (Å²) in [6.45, 7) is 3.15. The van der Waals surface area contributed by atoms with E-state index in [1.165, 1.54) is 0 Å². The average molecular weight is 162 g/mol. The van der Waals surface area contributed by atoms with Crippen molar-refractivity contribution in [1.82, 2.24) is 0 Å². The van der Waals surface area contributed by atoms with Gasteiger partial charge in [-0.15, -0.1) is 0 Å². The molecule has 0 amide bonds. The molecule has 0 fully saturated rings. The maximum Gasteiger partial charge on any atom is 0.0940 e. The lowest BCUT2D eigenvalue weighted by Gasteiger charge is -2.02. The fourth-order valence-electron chi connectivity index (χ4n) is 0.634. The van der Waals surface area contributed by atoms with Crippen LogP contribution in [0.1, 0.15) is 12.8 Å². The van der Waals surface area contributed by atoms with E-state index in [4.69, 9.17) is 20.9 Å². The third-order valence-corrected chi connectivity index (χ3v) is 1.19. The minimum absolute atomic E-state index is 0.294. The van der Waals surface area contributed by atoms with E-state index in [0.29, 0.717) is 19.9 Å². The molecule has 0 spiro atoms. The maximum absolute atomic E-state index is 5.27. The Balaban J connectivity index is 2.69. The first kappa shape index (κ1) is 10.8. The van der Waals surface area contributed by atoms with Crippen LogP contribution in [0.2, 0.25) is 0 Å². The molecule has 4 N–H and O–H groups in total. The van der Waals surface area contributed by atoms with Crippen LogP contribution in [-0.2, 0) is 9.47 Å². The summed E-state index contributed by atoms with van der Waals surface area (Å²) >= 11 is 0. The number of ether oxygens (including phenoxy) is 2. The second-order valence-corrected chi connectivity index (χ2v) is 2.18. The highest BCUT2D eigenvalue weighted by Gasteiger charge is 1.88. The van der Waals surface area contributed by atoms with Crippen LogP contribution < -0.4 is 11.5 Å². The lowest BCUT2D eigenvalue weighted by molar-refractivity contribution is 0.0850. The van der Waals surface area contributed by atoms with Crippen LogP contribution in [0, 0.1) is 0 Å². The van der Waals surface area contributed by atoms with Gasteiger partial charge in [0.05, 0.1) is 13.3 Å². The Kier molecular flexibility index (Phi) is 9.70. The summed E-state index contributed by atoms with van der Waals surface area (Å²) in [6, 6.07) is 0. The van der Waals surface area contributed by atoms with E-state index < -0.39 is 0 Å². The topological polar surface area (TPSA) is 70.5 Å². The third-order valence-electron chi connectivity index (χ3n) is 1.19. The van der Waals surface area contributed by atoms with Crippen LogP contribution >= 0.6 is 0 Å². The minimum atomic E-state index is 0.294. The van der Waals surface area contributed by atoms with Crippen molar-refractivity contribution in [3.05, 3.63) is 0 Å². The molecule has 4 heteroatoms. The van der Waals surface area contributed by atoms with Crippen LogP contribution in [-0.4, -0.2) is 33.1 Å². The van der Waals surface area contributed by atoms with Crippen LogP contribution in [0.3, 0.4) is 0 Å². The van der Waals surface area contributed by atoms with Gasteiger partial charge in [0.15, 0.2) is 0 Å². The van der Waals surface area contributed by atoms with E-state index in [2.05, 4.69) is 0 Å². The highest BCUT2D eigenvalue weighted by Crippen LogP contribution is 1.85. The molecule has 0 aromatic rings. The first-order chi connectivity index (χ1) is 5.41. The van der Waals surface area contributed by atoms with Crippen LogP contribution in [0.25, 0.3) is 0 Å². The van der Waals surface area contributed by atoms with Gasteiger partial charge in [0, 0.05) is 13.2 Å². The molecule has 0 heterocycles. The van der Waals surface area contributed by atoms with Crippen LogP contribution in [0.5, 0.6) is 0 Å². The molecule has 11 heavy (non-hydrogen) atoms. The fourth-order valence-corrected chi connectivity index (χ4v) is 0.634. The van der Waals surface area contributed by atoms with Crippen molar-refractivity contribution in [2.45, 2.75) is 12.8 Å². The Bertz CT molecular complexity index is 63.5. The minimum Gasteiger partial charge on any atom is -0.381 e. The van der Waals surface area contributed by atoms with Gasteiger partial charge in [-0.3, -0.25) is 0 Å². The Labute approximate surface area is 67.8 Å². The van der Waals surface area contributed by atoms with Gasteiger partial charge in [-0.25, -0.2) is 0 Å². The molecule has 0 unspecified atom stereocenters. The quantitative estimate of drug-likeness (QED) is 0.379. The zero-order chi connectivity index (χ0) is 8.36. The van der Waals surface area contributed by atoms with E-state index in [0.717, 1.165) is 26.1 Å². The summed E-state index contributed by atoms with van der Waals surface area (Å²) in [5.41, 5.74) is 10.4. The van der Waals surface area contributed by atoms with Crippen molar-refractivity contribution in [1.29, 1.82) is 0 Å². The van der Waals surface area contributed by atoms with Gasteiger partial charge in [0.2, 0.25) is 0 Å². The Hall–Kier alpha value is -0.160. The summed E-state index contributed by atoms with van der Waals surface area (Å²) in [7, 11) is 0. The number of hydrogen-bond donors (Lipinski definition) is 2. The second kappa shape index (κ2) is 9.84. The molecule has 0 aliphatic heterocycles. The van der Waals surface area contributed by atoms with Crippen molar-refractivity contribution < 1.29 is 9.47 Å². The van der Waals surface area contributed by atoms with E-state index in [9.17, 15) is 0 Å². The molecule has 0 aromatic carbocycles. The molecule has 0 aliphatic carbocycles. The monoisotopic (exact) mass is 162 g/mol. The summed E-state index contributed by atoms with van der Waals surface area (Å²) in [4.78, 5) is 0. The normalized spacial score (nSPS) is 10.4. The van der Waals surface area contributed by atoms with Gasteiger partial charge in [0.25, 0.3) is 0 Å². The largest absolute Gasteiger partial charge is 0.381 e. The van der Waals surface area contributed by atoms with E-state index in [1.807, 2.05) is 0 Å². The lowest BCUT2D eigenvalue weighted by Crippen LogP contribution is -2.09. The van der Waals surface area contributed by atoms with Crippen LogP contribution in [0.4, 0.5) is 0 Å². The molecule has 4 nitrogen and oxygen atoms in total. The predicted octanol–water partition coefficient (Wildman–Crippen LogP) is -0.325. The molecule has 0 aliphatic rings. The van der Waals surface area contributed by atoms with Gasteiger partial charge in [-0.2, -0.15) is 0 Å². The lowest BCUT2D eigenvalue weighted by atomic mass is 10.4. The summed E-state index contributed by atoms with van der Waals surface area (Å²) in [6.07, 6.45) is 1.83. The molecule has 0 rings (SSSR count). The Morgan fingerprint density at radius 1 is 0.818 bits per heavy atom. The molecular weight excluding hydrogens is 144 g/mol. The summed E-state index contributed by atoms with van der Waals surface area (Å²) in [5, 5.41) is 0. The summed E-state index contributed by atoms with van der Waals surface area (Å²) < 4.78 is 10.1. The van der Waals surface area contributed by atoms with Crippen molar-refractivity contribution in [2.75, 3.05) is 33.1 Å². The highest BCUT2D eigenvalue weighted by molar-refractivity contribution is 4.37. The number of nitrogens with two attached hydrogens (primary N) is 2. The first-order valence-electron chi connectivity index (χ1n) is 3.97. The Morgan fingerprint density at radius 2 is 1.45 bits per heavy atom. The van der Waals surface area contributed by atoms with Gasteiger partial charge >= 0.3 is 0 Å². The zero-order valence-electron chi connectivity index (χ0n) is 6.92. The van der Waals surface area contributed by atoms with E-state index >= 15 is 0 Å². The van der Waals surface area contributed by atoms with Gasteiger partial charge in [-0.1, -0.05) is 0 Å². The van der Waals surface area contributed by atoms with Crippen LogP contribution in [0.15, 0.2) is 0 Å². The molecule has 0 aromatic heterocycles. The van der Waals surface area contributed by atoms with Gasteiger partial charge in [-0.05, 0) is 19.4 Å². The molecule has 0 atom stereocenters. The molecule has 68 valence electrons. The molecular formula is C7H18N2O2. The number of hydrogen-bond acceptors (Lipinski definition) is 4. The van der Waals surface area contributed by atoms with E-state index in [-0.39, 0.29) is 0 Å². The molecule has 0 radical (unpaired) electrons. The van der Waals surface area contributed by atoms with Crippen molar-refractivity contribution in [3.63, 3.8) is 0 Å². The smallest absolute Gasteiger partial charge is 0.0940 e. The highest BCUT2D eigenvalue weighted by atomic mass is 16.5. The van der Waals surface area contributed by atoms with Crippen molar-refractivity contribution in [2.24, 2.45) is 11.5 Å². The van der Waals surface area contributed by atoms with Gasteiger partial charge < -0.3 is 20.9 Å². The average Bonchev–Trinajstić information content (AvgIpc) is 2.03. The second-order valence-electron chi connectivity index (χ2n) is 2.18. The van der Waals surface area contributed by atoms with E-state index in [1.54, 1.807) is 0 Å². The molecule has 0 saturated heterocycles. The molecule has 0 bridgehead atoms. The molecule has 0 saturated carbocycles. The standard InChI is InChI=1S/C7H18N2O2/c8-3-1-4-10-5-2-6-11-7-9/h1-9H2. The van der Waals surface area contributed by atoms with Gasteiger partial charge in [0.1, 0.15) is 0 Å². The van der Waals surface area contributed by atoms with Crippen molar-refractivity contribution in [3.8, 4) is 0 Å².